The van der Waals surface area contributed by atoms with Crippen molar-refractivity contribution in [2.45, 2.75) is 26.7 Å². The Morgan fingerprint density at radius 2 is 1.58 bits per heavy atom. The quantitative estimate of drug-likeness (QED) is 0.591. The summed E-state index contributed by atoms with van der Waals surface area (Å²) in [6, 6.07) is 12.4. The molecule has 2 aromatic carbocycles. The number of ether oxygens (including phenoxy) is 3. The van der Waals surface area contributed by atoms with Crippen LogP contribution >= 0.6 is 0 Å². The van der Waals surface area contributed by atoms with Crippen LogP contribution in [-0.2, 0) is 9.59 Å². The topological polar surface area (TPSA) is 68.3 Å². The van der Waals surface area contributed by atoms with Crippen LogP contribution < -0.4 is 19.1 Å². The molecule has 7 heteroatoms. The maximum Gasteiger partial charge on any atom is 0.282 e. The van der Waals surface area contributed by atoms with Crippen molar-refractivity contribution in [2.24, 2.45) is 5.92 Å². The summed E-state index contributed by atoms with van der Waals surface area (Å²) >= 11 is 0. The van der Waals surface area contributed by atoms with Gasteiger partial charge >= 0.3 is 0 Å². The van der Waals surface area contributed by atoms with Gasteiger partial charge in [-0.05, 0) is 55.5 Å². The minimum absolute atomic E-state index is 0.343. The molecule has 0 aromatic heterocycles. The lowest BCUT2D eigenvalue weighted by Gasteiger charge is -2.32. The fourth-order valence-electron chi connectivity index (χ4n) is 4.38. The van der Waals surface area contributed by atoms with Crippen molar-refractivity contribution in [3.05, 3.63) is 53.7 Å². The molecular weight excluding hydrogens is 420 g/mol. The number of amides is 2. The van der Waals surface area contributed by atoms with Gasteiger partial charge in [0, 0.05) is 19.2 Å². The van der Waals surface area contributed by atoms with E-state index in [1.165, 1.54) is 12.0 Å². The Balaban J connectivity index is 1.81. The van der Waals surface area contributed by atoms with Crippen molar-refractivity contribution in [3.8, 4) is 17.2 Å². The molecule has 4 rings (SSSR count). The van der Waals surface area contributed by atoms with Crippen LogP contribution in [0.3, 0.4) is 0 Å². The van der Waals surface area contributed by atoms with Crippen LogP contribution in [0.15, 0.2) is 48.2 Å². The lowest BCUT2D eigenvalue weighted by atomic mass is 9.97. The molecule has 2 heterocycles. The van der Waals surface area contributed by atoms with E-state index >= 15 is 0 Å². The first kappa shape index (κ1) is 22.7. The highest BCUT2D eigenvalue weighted by Gasteiger charge is 2.44. The summed E-state index contributed by atoms with van der Waals surface area (Å²) in [6.07, 6.45) is 1.95. The number of hydrogen-bond acceptors (Lipinski definition) is 6. The molecule has 0 saturated carbocycles. The van der Waals surface area contributed by atoms with Gasteiger partial charge in [0.15, 0.2) is 0 Å². The molecule has 1 saturated heterocycles. The van der Waals surface area contributed by atoms with Crippen LogP contribution in [0.2, 0.25) is 0 Å². The lowest BCUT2D eigenvalue weighted by Crippen LogP contribution is -2.38. The Hall–Kier alpha value is -3.48. The Kier molecular flexibility index (Phi) is 6.58. The summed E-state index contributed by atoms with van der Waals surface area (Å²) in [4.78, 5) is 30.9. The molecule has 0 aliphatic carbocycles. The van der Waals surface area contributed by atoms with Crippen molar-refractivity contribution in [1.82, 2.24) is 4.90 Å². The monoisotopic (exact) mass is 450 g/mol. The molecular formula is C26H30N2O5. The van der Waals surface area contributed by atoms with Gasteiger partial charge in [-0.15, -0.1) is 0 Å². The third-order valence-electron chi connectivity index (χ3n) is 6.24. The lowest BCUT2D eigenvalue weighted by molar-refractivity contribution is -0.120. The molecule has 2 aliphatic rings. The second-order valence-corrected chi connectivity index (χ2v) is 8.33. The van der Waals surface area contributed by atoms with Crippen molar-refractivity contribution < 1.29 is 23.8 Å². The number of methoxy groups -OCH3 is 2. The number of rotatable bonds is 7. The zero-order valence-corrected chi connectivity index (χ0v) is 19.6. The predicted molar refractivity (Wildman–Crippen MR) is 127 cm³/mol. The normalized spacial score (nSPS) is 17.1. The van der Waals surface area contributed by atoms with Gasteiger partial charge in [-0.1, -0.05) is 19.1 Å². The number of anilines is 1. The molecule has 33 heavy (non-hydrogen) atoms. The summed E-state index contributed by atoms with van der Waals surface area (Å²) in [7, 11) is 3.06. The summed E-state index contributed by atoms with van der Waals surface area (Å²) in [5.74, 6) is 1.57. The van der Waals surface area contributed by atoms with Crippen molar-refractivity contribution in [2.75, 3.05) is 38.8 Å². The van der Waals surface area contributed by atoms with E-state index in [0.29, 0.717) is 46.5 Å². The van der Waals surface area contributed by atoms with E-state index in [0.717, 1.165) is 31.7 Å². The van der Waals surface area contributed by atoms with Crippen LogP contribution in [0.5, 0.6) is 17.2 Å². The standard InChI is InChI=1S/C26H30N2O5/c1-5-33-19-8-6-18(7-9-19)23-24(27-14-12-17(2)13-15-27)26(30)28(25(23)29)21-16-20(31-3)10-11-22(21)32-4/h6-11,16-17H,5,12-15H2,1-4H3. The molecule has 0 radical (unpaired) electrons. The van der Waals surface area contributed by atoms with Crippen LogP contribution in [0, 0.1) is 5.92 Å². The average Bonchev–Trinajstić information content (AvgIpc) is 3.09. The van der Waals surface area contributed by atoms with E-state index in [1.807, 2.05) is 31.2 Å². The molecule has 1 fully saturated rings. The molecule has 2 aromatic rings. The Morgan fingerprint density at radius 3 is 2.18 bits per heavy atom. The number of carbonyl (C=O) groups excluding carboxylic acids is 2. The first-order chi connectivity index (χ1) is 16.0. The second-order valence-electron chi connectivity index (χ2n) is 8.33. The third kappa shape index (κ3) is 4.27. The number of benzene rings is 2. The maximum atomic E-state index is 13.8. The molecule has 0 spiro atoms. The highest BCUT2D eigenvalue weighted by atomic mass is 16.5. The zero-order chi connectivity index (χ0) is 23.5. The SMILES string of the molecule is CCOc1ccc(C2=C(N3CCC(C)CC3)C(=O)N(c3cc(OC)ccc3OC)C2=O)cc1. The minimum Gasteiger partial charge on any atom is -0.497 e. The van der Waals surface area contributed by atoms with Crippen LogP contribution in [0.1, 0.15) is 32.3 Å². The number of carbonyl (C=O) groups is 2. The van der Waals surface area contributed by atoms with E-state index in [9.17, 15) is 9.59 Å². The molecule has 7 nitrogen and oxygen atoms in total. The number of hydrogen-bond donors (Lipinski definition) is 0. The Morgan fingerprint density at radius 1 is 0.909 bits per heavy atom. The average molecular weight is 451 g/mol. The highest BCUT2D eigenvalue weighted by Crippen LogP contribution is 2.41. The number of nitrogens with zero attached hydrogens (tertiary/aromatic N) is 2. The first-order valence-corrected chi connectivity index (χ1v) is 11.3. The van der Waals surface area contributed by atoms with Gasteiger partial charge in [-0.3, -0.25) is 9.59 Å². The molecule has 174 valence electrons. The third-order valence-corrected chi connectivity index (χ3v) is 6.24. The number of likely N-dealkylation sites (tertiary alicyclic amines) is 1. The zero-order valence-electron chi connectivity index (χ0n) is 19.6. The number of piperidine rings is 1. The van der Waals surface area contributed by atoms with Crippen molar-refractivity contribution >= 4 is 23.1 Å². The minimum atomic E-state index is -0.371. The molecule has 0 bridgehead atoms. The van der Waals surface area contributed by atoms with Gasteiger partial charge in [0.1, 0.15) is 22.9 Å². The van der Waals surface area contributed by atoms with E-state index in [-0.39, 0.29) is 11.8 Å². The highest BCUT2D eigenvalue weighted by molar-refractivity contribution is 6.45. The Labute approximate surface area is 194 Å². The van der Waals surface area contributed by atoms with E-state index in [1.54, 1.807) is 25.3 Å². The fourth-order valence-corrected chi connectivity index (χ4v) is 4.38. The summed E-state index contributed by atoms with van der Waals surface area (Å²) < 4.78 is 16.4. The molecule has 2 amide bonds. The smallest absolute Gasteiger partial charge is 0.282 e. The van der Waals surface area contributed by atoms with Crippen LogP contribution in [0.25, 0.3) is 5.57 Å². The van der Waals surface area contributed by atoms with Crippen LogP contribution in [0.4, 0.5) is 5.69 Å². The molecule has 0 unspecified atom stereocenters. The molecule has 0 atom stereocenters. The van der Waals surface area contributed by atoms with Gasteiger partial charge in [0.05, 0.1) is 32.1 Å². The van der Waals surface area contributed by atoms with Gasteiger partial charge in [0.25, 0.3) is 11.8 Å². The van der Waals surface area contributed by atoms with Gasteiger partial charge in [-0.25, -0.2) is 4.90 Å². The summed E-state index contributed by atoms with van der Waals surface area (Å²) in [5.41, 5.74) is 1.91. The van der Waals surface area contributed by atoms with Gasteiger partial charge in [0.2, 0.25) is 0 Å². The summed E-state index contributed by atoms with van der Waals surface area (Å²) in [6.45, 7) is 6.16. The van der Waals surface area contributed by atoms with Gasteiger partial charge in [-0.2, -0.15) is 0 Å². The van der Waals surface area contributed by atoms with Crippen molar-refractivity contribution in [1.29, 1.82) is 0 Å². The van der Waals surface area contributed by atoms with E-state index < -0.39 is 0 Å². The predicted octanol–water partition coefficient (Wildman–Crippen LogP) is 4.12. The first-order valence-electron chi connectivity index (χ1n) is 11.3. The van der Waals surface area contributed by atoms with E-state index in [2.05, 4.69) is 11.8 Å². The summed E-state index contributed by atoms with van der Waals surface area (Å²) in [5, 5.41) is 0. The van der Waals surface area contributed by atoms with Gasteiger partial charge < -0.3 is 19.1 Å². The van der Waals surface area contributed by atoms with Crippen molar-refractivity contribution in [3.63, 3.8) is 0 Å². The van der Waals surface area contributed by atoms with Crippen LogP contribution in [-0.4, -0.2) is 50.6 Å². The number of imide groups is 1. The second kappa shape index (κ2) is 9.57. The fraction of sp³-hybridized carbons (Fsp3) is 0.385. The largest absolute Gasteiger partial charge is 0.497 e. The molecule has 2 aliphatic heterocycles. The molecule has 0 N–H and O–H groups in total. The maximum absolute atomic E-state index is 13.8. The van der Waals surface area contributed by atoms with E-state index in [4.69, 9.17) is 14.2 Å². The Bertz CT molecular complexity index is 1070.